The zero-order valence-corrected chi connectivity index (χ0v) is 15.4. The van der Waals surface area contributed by atoms with Gasteiger partial charge in [0.15, 0.2) is 0 Å². The molecule has 1 saturated heterocycles. The standard InChI is InChI=1S/C18H20F3N3O5/c19-18(20,21)12-10-11(5-6-14(12)28-9-2-1-8-25)15-22-16(29-23-15)13-4-3-7-24(13)17(26)27/h5-6,10,13,25H,1-4,7-9H2,(H,26,27)/t13-/m0/s1. The largest absolute Gasteiger partial charge is 0.493 e. The van der Waals surface area contributed by atoms with Gasteiger partial charge in [-0.05, 0) is 43.9 Å². The third kappa shape index (κ3) is 4.78. The molecular weight excluding hydrogens is 395 g/mol. The molecule has 8 nitrogen and oxygen atoms in total. The number of rotatable bonds is 7. The van der Waals surface area contributed by atoms with Crippen molar-refractivity contribution in [2.75, 3.05) is 19.8 Å². The highest BCUT2D eigenvalue weighted by molar-refractivity contribution is 5.66. The van der Waals surface area contributed by atoms with E-state index in [9.17, 15) is 23.1 Å². The maximum Gasteiger partial charge on any atom is 0.419 e. The van der Waals surface area contributed by atoms with Crippen LogP contribution in [0.15, 0.2) is 22.7 Å². The number of likely N-dealkylation sites (tertiary alicyclic amines) is 1. The van der Waals surface area contributed by atoms with Gasteiger partial charge < -0.3 is 19.5 Å². The number of aliphatic hydroxyl groups is 1. The molecule has 0 unspecified atom stereocenters. The summed E-state index contributed by atoms with van der Waals surface area (Å²) in [6.45, 7) is 0.315. The second-order valence-corrected chi connectivity index (χ2v) is 6.58. The van der Waals surface area contributed by atoms with E-state index in [4.69, 9.17) is 14.4 Å². The number of benzene rings is 1. The van der Waals surface area contributed by atoms with Gasteiger partial charge in [0.1, 0.15) is 11.8 Å². The normalized spacial score (nSPS) is 17.0. The lowest BCUT2D eigenvalue weighted by molar-refractivity contribution is -0.138. The summed E-state index contributed by atoms with van der Waals surface area (Å²) in [5, 5.41) is 21.7. The Hall–Kier alpha value is -2.82. The summed E-state index contributed by atoms with van der Waals surface area (Å²) in [6, 6.07) is 2.84. The molecule has 2 heterocycles. The van der Waals surface area contributed by atoms with Crippen LogP contribution in [0.2, 0.25) is 0 Å². The van der Waals surface area contributed by atoms with Crippen LogP contribution in [0.4, 0.5) is 18.0 Å². The van der Waals surface area contributed by atoms with Crippen LogP contribution in [0.3, 0.4) is 0 Å². The lowest BCUT2D eigenvalue weighted by Gasteiger charge is -2.17. The molecule has 11 heteroatoms. The fourth-order valence-corrected chi connectivity index (χ4v) is 3.15. The molecular formula is C18H20F3N3O5. The third-order valence-electron chi connectivity index (χ3n) is 4.58. The fourth-order valence-electron chi connectivity index (χ4n) is 3.15. The first-order valence-electron chi connectivity index (χ1n) is 9.09. The number of ether oxygens (including phenoxy) is 1. The van der Waals surface area contributed by atoms with E-state index in [1.165, 1.54) is 17.0 Å². The van der Waals surface area contributed by atoms with Crippen molar-refractivity contribution in [1.29, 1.82) is 0 Å². The second-order valence-electron chi connectivity index (χ2n) is 6.58. The zero-order chi connectivity index (χ0) is 21.0. The molecule has 1 aromatic carbocycles. The number of unbranched alkanes of at least 4 members (excludes halogenated alkanes) is 1. The summed E-state index contributed by atoms with van der Waals surface area (Å²) >= 11 is 0. The van der Waals surface area contributed by atoms with Crippen molar-refractivity contribution in [2.45, 2.75) is 37.9 Å². The first kappa shape index (κ1) is 20.9. The number of carboxylic acid groups (broad SMARTS) is 1. The maximum atomic E-state index is 13.5. The zero-order valence-electron chi connectivity index (χ0n) is 15.4. The van der Waals surface area contributed by atoms with Gasteiger partial charge in [0.2, 0.25) is 11.7 Å². The van der Waals surface area contributed by atoms with E-state index in [0.717, 1.165) is 6.07 Å². The minimum Gasteiger partial charge on any atom is -0.493 e. The van der Waals surface area contributed by atoms with Gasteiger partial charge in [-0.25, -0.2) is 4.79 Å². The number of hydrogen-bond donors (Lipinski definition) is 2. The summed E-state index contributed by atoms with van der Waals surface area (Å²) in [7, 11) is 0. The summed E-state index contributed by atoms with van der Waals surface area (Å²) < 4.78 is 50.7. The smallest absolute Gasteiger partial charge is 0.419 e. The van der Waals surface area contributed by atoms with Gasteiger partial charge in [0.25, 0.3) is 0 Å². The molecule has 2 aromatic rings. The number of alkyl halides is 3. The van der Waals surface area contributed by atoms with Crippen LogP contribution in [-0.2, 0) is 6.18 Å². The van der Waals surface area contributed by atoms with E-state index in [1.807, 2.05) is 0 Å². The Labute approximate surface area is 163 Å². The second kappa shape index (κ2) is 8.68. The molecule has 0 radical (unpaired) electrons. The van der Waals surface area contributed by atoms with Crippen LogP contribution in [0, 0.1) is 0 Å². The Morgan fingerprint density at radius 3 is 2.83 bits per heavy atom. The number of nitrogens with zero attached hydrogens (tertiary/aromatic N) is 3. The molecule has 158 valence electrons. The Kier molecular flexibility index (Phi) is 6.26. The van der Waals surface area contributed by atoms with Gasteiger partial charge >= 0.3 is 12.3 Å². The fraction of sp³-hybridized carbons (Fsp3) is 0.500. The Bertz CT molecular complexity index is 856. The molecule has 3 rings (SSSR count). The van der Waals surface area contributed by atoms with Crippen LogP contribution >= 0.6 is 0 Å². The van der Waals surface area contributed by atoms with Gasteiger partial charge in [-0.2, -0.15) is 18.2 Å². The first-order valence-corrected chi connectivity index (χ1v) is 9.09. The summed E-state index contributed by atoms with van der Waals surface area (Å²) in [6.07, 6.45) is -3.78. The number of halogens is 3. The molecule has 0 saturated carbocycles. The van der Waals surface area contributed by atoms with Crippen molar-refractivity contribution in [1.82, 2.24) is 15.0 Å². The van der Waals surface area contributed by atoms with Crippen LogP contribution in [0.5, 0.6) is 5.75 Å². The van der Waals surface area contributed by atoms with E-state index in [2.05, 4.69) is 10.1 Å². The molecule has 1 atom stereocenters. The minimum atomic E-state index is -4.65. The van der Waals surface area contributed by atoms with Crippen LogP contribution < -0.4 is 4.74 Å². The number of aliphatic hydroxyl groups excluding tert-OH is 1. The molecule has 0 aliphatic carbocycles. The molecule has 1 aliphatic heterocycles. The van der Waals surface area contributed by atoms with Crippen LogP contribution in [0.1, 0.15) is 43.2 Å². The van der Waals surface area contributed by atoms with Crippen LogP contribution in [-0.4, -0.2) is 51.1 Å². The summed E-state index contributed by atoms with van der Waals surface area (Å²) in [5.74, 6) is -0.330. The predicted molar refractivity (Wildman–Crippen MR) is 93.3 cm³/mol. The van der Waals surface area contributed by atoms with Crippen molar-refractivity contribution in [3.8, 4) is 17.1 Å². The van der Waals surface area contributed by atoms with E-state index < -0.39 is 23.9 Å². The Balaban J connectivity index is 1.84. The SMILES string of the molecule is O=C(O)N1CCC[C@H]1c1nc(-c2ccc(OCCCCO)c(C(F)(F)F)c2)no1. The van der Waals surface area contributed by atoms with Gasteiger partial charge in [-0.15, -0.1) is 0 Å². The quantitative estimate of drug-likeness (QED) is 0.664. The van der Waals surface area contributed by atoms with E-state index in [1.54, 1.807) is 0 Å². The van der Waals surface area contributed by atoms with Gasteiger partial charge in [0.05, 0.1) is 12.2 Å². The number of carbonyl (C=O) groups is 1. The third-order valence-corrected chi connectivity index (χ3v) is 4.58. The van der Waals surface area contributed by atoms with Crippen molar-refractivity contribution in [3.63, 3.8) is 0 Å². The van der Waals surface area contributed by atoms with Crippen molar-refractivity contribution >= 4 is 6.09 Å². The first-order chi connectivity index (χ1) is 13.8. The Morgan fingerprint density at radius 2 is 2.14 bits per heavy atom. The van der Waals surface area contributed by atoms with Gasteiger partial charge in [0, 0.05) is 18.7 Å². The average Bonchev–Trinajstić information content (AvgIpc) is 3.33. The highest BCUT2D eigenvalue weighted by Crippen LogP contribution is 2.39. The maximum absolute atomic E-state index is 13.5. The molecule has 1 aliphatic rings. The minimum absolute atomic E-state index is 0.0437. The van der Waals surface area contributed by atoms with Gasteiger partial charge in [-0.3, -0.25) is 4.90 Å². The van der Waals surface area contributed by atoms with E-state index in [-0.39, 0.29) is 36.2 Å². The Morgan fingerprint density at radius 1 is 1.34 bits per heavy atom. The van der Waals surface area contributed by atoms with Crippen LogP contribution in [0.25, 0.3) is 11.4 Å². The summed E-state index contributed by atoms with van der Waals surface area (Å²) in [4.78, 5) is 16.5. The highest BCUT2D eigenvalue weighted by Gasteiger charge is 2.36. The van der Waals surface area contributed by atoms with E-state index >= 15 is 0 Å². The monoisotopic (exact) mass is 415 g/mol. The molecule has 1 fully saturated rings. The molecule has 0 spiro atoms. The van der Waals surface area contributed by atoms with Crippen molar-refractivity contribution in [2.24, 2.45) is 0 Å². The lowest BCUT2D eigenvalue weighted by Crippen LogP contribution is -2.28. The van der Waals surface area contributed by atoms with Crippen molar-refractivity contribution in [3.05, 3.63) is 29.7 Å². The predicted octanol–water partition coefficient (Wildman–Crippen LogP) is 3.72. The molecule has 0 bridgehead atoms. The topological polar surface area (TPSA) is 109 Å². The number of hydrogen-bond acceptors (Lipinski definition) is 6. The molecule has 1 aromatic heterocycles. The number of aromatic nitrogens is 2. The average molecular weight is 415 g/mol. The van der Waals surface area contributed by atoms with Crippen molar-refractivity contribution < 1.29 is 37.4 Å². The van der Waals surface area contributed by atoms with E-state index in [0.29, 0.717) is 32.2 Å². The summed E-state index contributed by atoms with van der Waals surface area (Å²) in [5.41, 5.74) is -0.895. The lowest BCUT2D eigenvalue weighted by atomic mass is 10.1. The molecule has 29 heavy (non-hydrogen) atoms. The highest BCUT2D eigenvalue weighted by atomic mass is 19.4. The number of amides is 1. The van der Waals surface area contributed by atoms with Gasteiger partial charge in [-0.1, -0.05) is 5.16 Å². The molecule has 1 amide bonds. The molecule has 2 N–H and O–H groups in total.